The van der Waals surface area contributed by atoms with E-state index < -0.39 is 4.92 Å². The largest absolute Gasteiger partial charge is 0.507 e. The van der Waals surface area contributed by atoms with Gasteiger partial charge in [0.25, 0.3) is 0 Å². The van der Waals surface area contributed by atoms with E-state index in [9.17, 15) is 15.2 Å². The lowest BCUT2D eigenvalue weighted by molar-refractivity contribution is -0.387. The zero-order chi connectivity index (χ0) is 15.0. The lowest BCUT2D eigenvalue weighted by Gasteiger charge is -2.06. The average molecular weight is 301 g/mol. The Morgan fingerprint density at radius 3 is 2.67 bits per heavy atom. The van der Waals surface area contributed by atoms with Gasteiger partial charge in [-0.3, -0.25) is 14.8 Å². The van der Waals surface area contributed by atoms with Crippen LogP contribution in [0.25, 0.3) is 10.8 Å². The molecular weight excluding hydrogens is 290 g/mol. The van der Waals surface area contributed by atoms with E-state index in [2.05, 4.69) is 5.10 Å². The minimum atomic E-state index is -0.446. The van der Waals surface area contributed by atoms with Gasteiger partial charge in [0.15, 0.2) is 0 Å². The summed E-state index contributed by atoms with van der Waals surface area (Å²) in [5.74, 6) is 0.186. The van der Waals surface area contributed by atoms with E-state index in [1.165, 1.54) is 22.6 Å². The number of aryl methyl sites for hydroxylation is 1. The smallest absolute Gasteiger partial charge is 0.321 e. The summed E-state index contributed by atoms with van der Waals surface area (Å²) in [5, 5.41) is 26.9. The third-order valence-corrected chi connectivity index (χ3v) is 4.10. The number of aromatic hydroxyl groups is 1. The Hall–Kier alpha value is -2.54. The van der Waals surface area contributed by atoms with Gasteiger partial charge < -0.3 is 5.11 Å². The number of phenols is 1. The number of benzene rings is 2. The van der Waals surface area contributed by atoms with E-state index in [1.54, 1.807) is 19.2 Å². The van der Waals surface area contributed by atoms with Crippen LogP contribution in [0.1, 0.15) is 0 Å². The second-order valence-electron chi connectivity index (χ2n) is 4.48. The number of aromatic nitrogens is 2. The van der Waals surface area contributed by atoms with Crippen molar-refractivity contribution in [2.45, 2.75) is 9.92 Å². The van der Waals surface area contributed by atoms with Crippen molar-refractivity contribution in [1.29, 1.82) is 0 Å². The van der Waals surface area contributed by atoms with Gasteiger partial charge in [0, 0.05) is 17.3 Å². The Balaban J connectivity index is 2.11. The summed E-state index contributed by atoms with van der Waals surface area (Å²) >= 11 is 1.22. The molecule has 1 N–H and O–H groups in total. The Morgan fingerprint density at radius 2 is 1.95 bits per heavy atom. The average Bonchev–Trinajstić information content (AvgIpc) is 2.83. The van der Waals surface area contributed by atoms with Gasteiger partial charge in [0.2, 0.25) is 5.03 Å². The van der Waals surface area contributed by atoms with Crippen LogP contribution in [-0.4, -0.2) is 19.8 Å². The first-order valence-electron chi connectivity index (χ1n) is 6.13. The van der Waals surface area contributed by atoms with Gasteiger partial charge in [-0.05, 0) is 17.5 Å². The highest BCUT2D eigenvalue weighted by Gasteiger charge is 2.20. The van der Waals surface area contributed by atoms with Crippen LogP contribution in [0.4, 0.5) is 5.69 Å². The summed E-state index contributed by atoms with van der Waals surface area (Å²) in [6.45, 7) is 0. The standard InChI is InChI=1S/C14H11N3O3S/c1-16-8-11(17(19)20)14(15-16)21-13-7-6-12(18)9-4-2-3-5-10(9)13/h2-8,18H,1H3. The van der Waals surface area contributed by atoms with Crippen molar-refractivity contribution in [1.82, 2.24) is 9.78 Å². The van der Waals surface area contributed by atoms with Crippen LogP contribution in [0, 0.1) is 10.1 Å². The maximum Gasteiger partial charge on any atom is 0.321 e. The van der Waals surface area contributed by atoms with Crippen molar-refractivity contribution < 1.29 is 10.0 Å². The molecule has 21 heavy (non-hydrogen) atoms. The lowest BCUT2D eigenvalue weighted by atomic mass is 10.1. The maximum atomic E-state index is 11.0. The molecule has 0 atom stereocenters. The number of nitro groups is 1. The number of hydrogen-bond donors (Lipinski definition) is 1. The summed E-state index contributed by atoms with van der Waals surface area (Å²) in [6, 6.07) is 10.7. The molecule has 0 amide bonds. The molecule has 1 aromatic heterocycles. The Morgan fingerprint density at radius 1 is 1.24 bits per heavy atom. The predicted molar refractivity (Wildman–Crippen MR) is 79.6 cm³/mol. The van der Waals surface area contributed by atoms with Crippen molar-refractivity contribution >= 4 is 28.2 Å². The van der Waals surface area contributed by atoms with Crippen LogP contribution < -0.4 is 0 Å². The van der Waals surface area contributed by atoms with Crippen molar-refractivity contribution in [3.63, 3.8) is 0 Å². The fourth-order valence-corrected chi connectivity index (χ4v) is 3.14. The summed E-state index contributed by atoms with van der Waals surface area (Å²) < 4.78 is 1.42. The molecule has 7 heteroatoms. The molecule has 0 bridgehead atoms. The summed E-state index contributed by atoms with van der Waals surface area (Å²) in [7, 11) is 1.64. The fourth-order valence-electron chi connectivity index (χ4n) is 2.10. The number of phenolic OH excluding ortho intramolecular Hbond substituents is 1. The molecule has 0 unspecified atom stereocenters. The first-order valence-corrected chi connectivity index (χ1v) is 6.94. The molecule has 0 aliphatic carbocycles. The van der Waals surface area contributed by atoms with E-state index >= 15 is 0 Å². The van der Waals surface area contributed by atoms with Gasteiger partial charge in [-0.15, -0.1) is 0 Å². The molecular formula is C14H11N3O3S. The second kappa shape index (κ2) is 5.10. The van der Waals surface area contributed by atoms with Crippen LogP contribution >= 0.6 is 11.8 Å². The zero-order valence-electron chi connectivity index (χ0n) is 11.1. The molecule has 3 rings (SSSR count). The van der Waals surface area contributed by atoms with E-state index in [-0.39, 0.29) is 11.4 Å². The third kappa shape index (κ3) is 2.43. The zero-order valence-corrected chi connectivity index (χ0v) is 11.9. The van der Waals surface area contributed by atoms with Crippen molar-refractivity contribution in [2.75, 3.05) is 0 Å². The first-order chi connectivity index (χ1) is 10.1. The highest BCUT2D eigenvalue weighted by atomic mass is 32.2. The van der Waals surface area contributed by atoms with Gasteiger partial charge in [-0.2, -0.15) is 5.10 Å². The predicted octanol–water partition coefficient (Wildman–Crippen LogP) is 3.34. The molecule has 6 nitrogen and oxygen atoms in total. The van der Waals surface area contributed by atoms with Gasteiger partial charge in [0.1, 0.15) is 11.9 Å². The highest BCUT2D eigenvalue weighted by Crippen LogP contribution is 2.39. The Bertz CT molecular complexity index is 845. The number of nitrogens with zero attached hydrogens (tertiary/aromatic N) is 3. The molecule has 0 radical (unpaired) electrons. The molecule has 0 aliphatic rings. The van der Waals surface area contributed by atoms with Crippen LogP contribution in [0.2, 0.25) is 0 Å². The number of hydrogen-bond acceptors (Lipinski definition) is 5. The molecule has 0 saturated heterocycles. The molecule has 2 aromatic carbocycles. The van der Waals surface area contributed by atoms with Crippen LogP contribution in [0.5, 0.6) is 5.75 Å². The first kappa shape index (κ1) is 13.4. The summed E-state index contributed by atoms with van der Waals surface area (Å²) in [5.41, 5.74) is -0.0281. The fraction of sp³-hybridized carbons (Fsp3) is 0.0714. The molecule has 0 spiro atoms. The van der Waals surface area contributed by atoms with E-state index in [0.717, 1.165) is 10.3 Å². The minimum Gasteiger partial charge on any atom is -0.507 e. The van der Waals surface area contributed by atoms with Crippen molar-refractivity contribution in [3.8, 4) is 5.75 Å². The van der Waals surface area contributed by atoms with Crippen LogP contribution in [0.3, 0.4) is 0 Å². The van der Waals surface area contributed by atoms with Crippen LogP contribution in [0.15, 0.2) is 52.5 Å². The van der Waals surface area contributed by atoms with Gasteiger partial charge in [-0.1, -0.05) is 36.0 Å². The number of rotatable bonds is 3. The third-order valence-electron chi connectivity index (χ3n) is 3.04. The SMILES string of the molecule is Cn1cc([N+](=O)[O-])c(Sc2ccc(O)c3ccccc23)n1. The summed E-state index contributed by atoms with van der Waals surface area (Å²) in [6.07, 6.45) is 1.38. The van der Waals surface area contributed by atoms with Crippen molar-refractivity contribution in [3.05, 3.63) is 52.7 Å². The molecule has 0 fully saturated rings. The highest BCUT2D eigenvalue weighted by molar-refractivity contribution is 7.99. The molecule has 106 valence electrons. The van der Waals surface area contributed by atoms with E-state index in [1.807, 2.05) is 24.3 Å². The quantitative estimate of drug-likeness (QED) is 0.592. The number of fused-ring (bicyclic) bond motifs is 1. The molecule has 1 heterocycles. The summed E-state index contributed by atoms with van der Waals surface area (Å²) in [4.78, 5) is 11.4. The Labute approximate surface area is 124 Å². The van der Waals surface area contributed by atoms with Crippen LogP contribution in [-0.2, 0) is 7.05 Å². The molecule has 0 aliphatic heterocycles. The monoisotopic (exact) mass is 301 g/mol. The van der Waals surface area contributed by atoms with Gasteiger partial charge in [-0.25, -0.2) is 0 Å². The molecule has 3 aromatic rings. The van der Waals surface area contributed by atoms with Gasteiger partial charge in [0.05, 0.1) is 4.92 Å². The van der Waals surface area contributed by atoms with Crippen molar-refractivity contribution in [2.24, 2.45) is 7.05 Å². The molecule has 0 saturated carbocycles. The normalized spacial score (nSPS) is 10.9. The second-order valence-corrected chi connectivity index (χ2v) is 5.51. The maximum absolute atomic E-state index is 11.0. The topological polar surface area (TPSA) is 81.2 Å². The Kier molecular flexibility index (Phi) is 3.26. The minimum absolute atomic E-state index is 0.0281. The van der Waals surface area contributed by atoms with Gasteiger partial charge >= 0.3 is 5.69 Å². The van der Waals surface area contributed by atoms with E-state index in [0.29, 0.717) is 10.4 Å². The van der Waals surface area contributed by atoms with E-state index in [4.69, 9.17) is 0 Å². The lowest BCUT2D eigenvalue weighted by Crippen LogP contribution is -1.88.